The Labute approximate surface area is 145 Å². The van der Waals surface area contributed by atoms with Crippen LogP contribution in [0.15, 0.2) is 24.3 Å². The fourth-order valence-electron chi connectivity index (χ4n) is 2.86. The molecule has 1 amide bonds. The Morgan fingerprint density at radius 3 is 2.48 bits per heavy atom. The van der Waals surface area contributed by atoms with E-state index in [2.05, 4.69) is 15.5 Å². The highest BCUT2D eigenvalue weighted by Gasteiger charge is 2.20. The second-order valence-corrected chi connectivity index (χ2v) is 5.89. The Hall–Kier alpha value is -1.30. The van der Waals surface area contributed by atoms with Gasteiger partial charge in [0.1, 0.15) is 5.75 Å². The maximum Gasteiger partial charge on any atom is 0.238 e. The molecule has 1 saturated heterocycles. The number of hydrogen-bond donors (Lipinski definition) is 2. The van der Waals surface area contributed by atoms with Crippen LogP contribution in [0.2, 0.25) is 0 Å². The summed E-state index contributed by atoms with van der Waals surface area (Å²) < 4.78 is 5.11. The standard InChI is InChI=1S/C17H27N3O2.ClH/c1-18-10-7-14-8-11-20(12-9-14)13-17(21)19-15-3-5-16(22-2)6-4-15;/h3-6,14,18H,7-13H2,1-2H3,(H,19,21);1H. The normalized spacial score (nSPS) is 15.7. The van der Waals surface area contributed by atoms with E-state index in [9.17, 15) is 4.79 Å². The van der Waals surface area contributed by atoms with Crippen LogP contribution in [-0.4, -0.2) is 51.1 Å². The zero-order valence-electron chi connectivity index (χ0n) is 14.0. The van der Waals surface area contributed by atoms with Crippen molar-refractivity contribution in [1.29, 1.82) is 0 Å². The molecule has 23 heavy (non-hydrogen) atoms. The lowest BCUT2D eigenvalue weighted by Gasteiger charge is -2.31. The average Bonchev–Trinajstić information content (AvgIpc) is 2.55. The highest BCUT2D eigenvalue weighted by molar-refractivity contribution is 5.92. The van der Waals surface area contributed by atoms with Gasteiger partial charge in [-0.3, -0.25) is 9.69 Å². The lowest BCUT2D eigenvalue weighted by atomic mass is 9.93. The van der Waals surface area contributed by atoms with Crippen LogP contribution >= 0.6 is 12.4 Å². The van der Waals surface area contributed by atoms with Gasteiger partial charge in [-0.25, -0.2) is 0 Å². The number of likely N-dealkylation sites (tertiary alicyclic amines) is 1. The molecule has 5 nitrogen and oxygen atoms in total. The predicted octanol–water partition coefficient (Wildman–Crippen LogP) is 2.38. The van der Waals surface area contributed by atoms with Crippen molar-refractivity contribution in [1.82, 2.24) is 10.2 Å². The van der Waals surface area contributed by atoms with E-state index in [1.165, 1.54) is 19.3 Å². The Morgan fingerprint density at radius 1 is 1.26 bits per heavy atom. The number of piperidine rings is 1. The first kappa shape index (κ1) is 19.7. The molecule has 2 N–H and O–H groups in total. The summed E-state index contributed by atoms with van der Waals surface area (Å²) in [6.45, 7) is 3.60. The third-order valence-corrected chi connectivity index (χ3v) is 4.25. The summed E-state index contributed by atoms with van der Waals surface area (Å²) in [5, 5.41) is 6.15. The third-order valence-electron chi connectivity index (χ3n) is 4.25. The number of rotatable bonds is 7. The van der Waals surface area contributed by atoms with E-state index in [0.29, 0.717) is 6.54 Å². The lowest BCUT2D eigenvalue weighted by molar-refractivity contribution is -0.117. The van der Waals surface area contributed by atoms with Gasteiger partial charge in [0.05, 0.1) is 13.7 Å². The van der Waals surface area contributed by atoms with Crippen LogP contribution in [0, 0.1) is 5.92 Å². The van der Waals surface area contributed by atoms with Crippen molar-refractivity contribution in [3.05, 3.63) is 24.3 Å². The number of carbonyl (C=O) groups is 1. The van der Waals surface area contributed by atoms with Crippen LogP contribution in [0.3, 0.4) is 0 Å². The van der Waals surface area contributed by atoms with Gasteiger partial charge in [-0.1, -0.05) is 0 Å². The highest BCUT2D eigenvalue weighted by Crippen LogP contribution is 2.20. The van der Waals surface area contributed by atoms with Crippen molar-refractivity contribution >= 4 is 24.0 Å². The molecule has 6 heteroatoms. The molecule has 1 aliphatic rings. The van der Waals surface area contributed by atoms with Gasteiger partial charge in [-0.15, -0.1) is 12.4 Å². The fourth-order valence-corrected chi connectivity index (χ4v) is 2.86. The smallest absolute Gasteiger partial charge is 0.238 e. The fraction of sp³-hybridized carbons (Fsp3) is 0.588. The van der Waals surface area contributed by atoms with Crippen LogP contribution in [0.1, 0.15) is 19.3 Å². The van der Waals surface area contributed by atoms with Gasteiger partial charge >= 0.3 is 0 Å². The van der Waals surface area contributed by atoms with Crippen LogP contribution in [-0.2, 0) is 4.79 Å². The van der Waals surface area contributed by atoms with Crippen LogP contribution < -0.4 is 15.4 Å². The molecule has 0 bridgehead atoms. The Kier molecular flexibility index (Phi) is 8.99. The molecule has 0 atom stereocenters. The van der Waals surface area contributed by atoms with Crippen molar-refractivity contribution in [2.24, 2.45) is 5.92 Å². The van der Waals surface area contributed by atoms with E-state index in [1.54, 1.807) is 7.11 Å². The van der Waals surface area contributed by atoms with Crippen LogP contribution in [0.25, 0.3) is 0 Å². The molecule has 1 aliphatic heterocycles. The molecule has 1 aromatic rings. The van der Waals surface area contributed by atoms with Crippen molar-refractivity contribution in [3.63, 3.8) is 0 Å². The monoisotopic (exact) mass is 341 g/mol. The number of nitrogens with zero attached hydrogens (tertiary/aromatic N) is 1. The number of ether oxygens (including phenoxy) is 1. The summed E-state index contributed by atoms with van der Waals surface area (Å²) in [4.78, 5) is 14.3. The first-order valence-electron chi connectivity index (χ1n) is 8.02. The third kappa shape index (κ3) is 6.77. The van der Waals surface area contributed by atoms with Gasteiger partial charge < -0.3 is 15.4 Å². The topological polar surface area (TPSA) is 53.6 Å². The predicted molar refractivity (Wildman–Crippen MR) is 96.6 cm³/mol. The van der Waals surface area contributed by atoms with Crippen molar-refractivity contribution in [3.8, 4) is 5.75 Å². The van der Waals surface area contributed by atoms with E-state index in [4.69, 9.17) is 4.74 Å². The molecular formula is C17H28ClN3O2. The summed E-state index contributed by atoms with van der Waals surface area (Å²) in [6.07, 6.45) is 3.62. The number of methoxy groups -OCH3 is 1. The molecule has 0 radical (unpaired) electrons. The molecule has 1 fully saturated rings. The summed E-state index contributed by atoms with van der Waals surface area (Å²) >= 11 is 0. The number of carbonyl (C=O) groups excluding carboxylic acids is 1. The number of amides is 1. The molecule has 0 aliphatic carbocycles. The van der Waals surface area contributed by atoms with E-state index in [1.807, 2.05) is 31.3 Å². The first-order valence-corrected chi connectivity index (χ1v) is 8.02. The molecule has 0 saturated carbocycles. The zero-order valence-corrected chi connectivity index (χ0v) is 14.8. The van der Waals surface area contributed by atoms with E-state index in [-0.39, 0.29) is 18.3 Å². The average molecular weight is 342 g/mol. The van der Waals surface area contributed by atoms with E-state index in [0.717, 1.165) is 37.0 Å². The lowest BCUT2D eigenvalue weighted by Crippen LogP contribution is -2.39. The molecule has 2 rings (SSSR count). The van der Waals surface area contributed by atoms with Gasteiger partial charge in [-0.05, 0) is 76.1 Å². The minimum Gasteiger partial charge on any atom is -0.497 e. The van der Waals surface area contributed by atoms with Crippen molar-refractivity contribution in [2.75, 3.05) is 45.7 Å². The molecule has 0 aromatic heterocycles. The molecular weight excluding hydrogens is 314 g/mol. The van der Waals surface area contributed by atoms with E-state index < -0.39 is 0 Å². The number of anilines is 1. The van der Waals surface area contributed by atoms with Gasteiger partial charge in [-0.2, -0.15) is 0 Å². The summed E-state index contributed by atoms with van der Waals surface area (Å²) in [7, 11) is 3.63. The van der Waals surface area contributed by atoms with Gasteiger partial charge in [0.25, 0.3) is 0 Å². The molecule has 1 heterocycles. The maximum atomic E-state index is 12.1. The van der Waals surface area contributed by atoms with Crippen molar-refractivity contribution < 1.29 is 9.53 Å². The molecule has 0 unspecified atom stereocenters. The largest absolute Gasteiger partial charge is 0.497 e. The van der Waals surface area contributed by atoms with Crippen molar-refractivity contribution in [2.45, 2.75) is 19.3 Å². The van der Waals surface area contributed by atoms with Gasteiger partial charge in [0, 0.05) is 5.69 Å². The SMILES string of the molecule is CNCCC1CCN(CC(=O)Nc2ccc(OC)cc2)CC1.Cl. The number of nitrogens with one attached hydrogen (secondary N) is 2. The second-order valence-electron chi connectivity index (χ2n) is 5.89. The summed E-state index contributed by atoms with van der Waals surface area (Å²) in [5.74, 6) is 1.65. The minimum atomic E-state index is 0. The quantitative estimate of drug-likeness (QED) is 0.799. The van der Waals surface area contributed by atoms with Crippen LogP contribution in [0.4, 0.5) is 5.69 Å². The summed E-state index contributed by atoms with van der Waals surface area (Å²) in [6, 6.07) is 7.42. The minimum absolute atomic E-state index is 0. The summed E-state index contributed by atoms with van der Waals surface area (Å²) in [5.41, 5.74) is 0.815. The second kappa shape index (κ2) is 10.5. The van der Waals surface area contributed by atoms with E-state index >= 15 is 0 Å². The molecule has 1 aromatic carbocycles. The molecule has 130 valence electrons. The number of hydrogen-bond acceptors (Lipinski definition) is 4. The van der Waals surface area contributed by atoms with Gasteiger partial charge in [0.15, 0.2) is 0 Å². The van der Waals surface area contributed by atoms with Crippen LogP contribution in [0.5, 0.6) is 5.75 Å². The Balaban J connectivity index is 0.00000264. The molecule has 0 spiro atoms. The first-order chi connectivity index (χ1) is 10.7. The van der Waals surface area contributed by atoms with Gasteiger partial charge in [0.2, 0.25) is 5.91 Å². The number of halogens is 1. The zero-order chi connectivity index (χ0) is 15.8. The Bertz CT molecular complexity index is 459. The maximum absolute atomic E-state index is 12.1. The Morgan fingerprint density at radius 2 is 1.91 bits per heavy atom. The highest BCUT2D eigenvalue weighted by atomic mass is 35.5. The number of benzene rings is 1.